The highest BCUT2D eigenvalue weighted by molar-refractivity contribution is 5.67. The molecule has 0 saturated carbocycles. The molecule has 2 aromatic carbocycles. The molecular weight excluding hydrogens is 307 g/mol. The lowest BCUT2D eigenvalue weighted by Crippen LogP contribution is -2.21. The third-order valence-corrected chi connectivity index (χ3v) is 4.24. The van der Waals surface area contributed by atoms with Gasteiger partial charge in [-0.15, -0.1) is 0 Å². The van der Waals surface area contributed by atoms with Crippen molar-refractivity contribution in [2.24, 2.45) is 5.11 Å². The van der Waals surface area contributed by atoms with E-state index in [1.807, 2.05) is 35.2 Å². The smallest absolute Gasteiger partial charge is 0.133 e. The maximum absolute atomic E-state index is 14.5. The highest BCUT2D eigenvalue weighted by Crippen LogP contribution is 2.29. The SMILES string of the molecule is CC[C@H]1CN(c2ccc(-c3ccc(CN=[N+]=[N-])cc3)c(F)c2)CO1. The highest BCUT2D eigenvalue weighted by atomic mass is 19.1. The number of rotatable bonds is 5. The number of ether oxygens (including phenoxy) is 1. The molecule has 1 saturated heterocycles. The van der Waals surface area contributed by atoms with E-state index in [1.54, 1.807) is 12.1 Å². The fourth-order valence-electron chi connectivity index (χ4n) is 2.81. The van der Waals surface area contributed by atoms with Gasteiger partial charge in [0.15, 0.2) is 0 Å². The predicted octanol–water partition coefficient (Wildman–Crippen LogP) is 4.88. The van der Waals surface area contributed by atoms with Crippen molar-refractivity contribution in [3.05, 3.63) is 64.3 Å². The summed E-state index contributed by atoms with van der Waals surface area (Å²) in [6, 6.07) is 12.7. The topological polar surface area (TPSA) is 61.2 Å². The van der Waals surface area contributed by atoms with E-state index in [4.69, 9.17) is 10.3 Å². The molecule has 24 heavy (non-hydrogen) atoms. The van der Waals surface area contributed by atoms with Gasteiger partial charge in [-0.2, -0.15) is 0 Å². The third kappa shape index (κ3) is 3.50. The van der Waals surface area contributed by atoms with Crippen molar-refractivity contribution in [3.8, 4) is 11.1 Å². The molecule has 124 valence electrons. The largest absolute Gasteiger partial charge is 0.356 e. The molecule has 0 aliphatic carbocycles. The van der Waals surface area contributed by atoms with Gasteiger partial charge in [-0.1, -0.05) is 36.3 Å². The molecule has 0 unspecified atom stereocenters. The van der Waals surface area contributed by atoms with E-state index in [9.17, 15) is 4.39 Å². The van der Waals surface area contributed by atoms with E-state index in [1.165, 1.54) is 0 Å². The summed E-state index contributed by atoms with van der Waals surface area (Å²) in [5, 5.41) is 3.52. The van der Waals surface area contributed by atoms with Gasteiger partial charge < -0.3 is 9.64 Å². The Morgan fingerprint density at radius 3 is 2.71 bits per heavy atom. The normalized spacial score (nSPS) is 16.9. The fraction of sp³-hybridized carbons (Fsp3) is 0.333. The van der Waals surface area contributed by atoms with Crippen molar-refractivity contribution in [1.29, 1.82) is 0 Å². The first-order valence-corrected chi connectivity index (χ1v) is 7.97. The molecule has 0 spiro atoms. The number of hydrogen-bond acceptors (Lipinski definition) is 3. The van der Waals surface area contributed by atoms with E-state index in [2.05, 4.69) is 16.9 Å². The number of azide groups is 1. The summed E-state index contributed by atoms with van der Waals surface area (Å²) in [4.78, 5) is 4.78. The summed E-state index contributed by atoms with van der Waals surface area (Å²) in [5.74, 6) is -0.254. The second kappa shape index (κ2) is 7.34. The van der Waals surface area contributed by atoms with Crippen molar-refractivity contribution >= 4 is 5.69 Å². The van der Waals surface area contributed by atoms with Crippen LogP contribution in [-0.2, 0) is 11.3 Å². The first kappa shape index (κ1) is 16.3. The number of anilines is 1. The Labute approximate surface area is 140 Å². The van der Waals surface area contributed by atoms with Crippen molar-refractivity contribution in [3.63, 3.8) is 0 Å². The Balaban J connectivity index is 1.78. The molecule has 0 bridgehead atoms. The minimum Gasteiger partial charge on any atom is -0.356 e. The van der Waals surface area contributed by atoms with Crippen LogP contribution in [0.5, 0.6) is 0 Å². The zero-order chi connectivity index (χ0) is 16.9. The fourth-order valence-corrected chi connectivity index (χ4v) is 2.81. The Kier molecular flexibility index (Phi) is 4.99. The van der Waals surface area contributed by atoms with Gasteiger partial charge in [0.2, 0.25) is 0 Å². The van der Waals surface area contributed by atoms with Gasteiger partial charge in [0.05, 0.1) is 12.6 Å². The average molecular weight is 326 g/mol. The molecule has 1 aliphatic rings. The summed E-state index contributed by atoms with van der Waals surface area (Å²) in [5.41, 5.74) is 11.4. The molecule has 1 fully saturated rings. The zero-order valence-corrected chi connectivity index (χ0v) is 13.5. The summed E-state index contributed by atoms with van der Waals surface area (Å²) in [7, 11) is 0. The van der Waals surface area contributed by atoms with E-state index in [0.717, 1.165) is 29.8 Å². The Hall–Kier alpha value is -2.56. The van der Waals surface area contributed by atoms with E-state index >= 15 is 0 Å². The molecule has 0 N–H and O–H groups in total. The summed E-state index contributed by atoms with van der Waals surface area (Å²) < 4.78 is 20.2. The van der Waals surface area contributed by atoms with Crippen molar-refractivity contribution in [1.82, 2.24) is 0 Å². The Bertz CT molecular complexity index is 756. The molecule has 3 rings (SSSR count). The molecule has 0 radical (unpaired) electrons. The average Bonchev–Trinajstić information content (AvgIpc) is 3.10. The molecule has 1 aliphatic heterocycles. The van der Waals surface area contributed by atoms with Gasteiger partial charge in [0.25, 0.3) is 0 Å². The first-order chi connectivity index (χ1) is 11.7. The van der Waals surface area contributed by atoms with Crippen LogP contribution in [-0.4, -0.2) is 19.4 Å². The molecule has 2 aromatic rings. The first-order valence-electron chi connectivity index (χ1n) is 7.97. The monoisotopic (exact) mass is 326 g/mol. The van der Waals surface area contributed by atoms with Crippen LogP contribution >= 0.6 is 0 Å². The van der Waals surface area contributed by atoms with Crippen LogP contribution in [0.15, 0.2) is 47.6 Å². The minimum atomic E-state index is -0.254. The van der Waals surface area contributed by atoms with Crippen LogP contribution in [0.4, 0.5) is 10.1 Å². The minimum absolute atomic E-state index is 0.219. The molecular formula is C18H19FN4O. The van der Waals surface area contributed by atoms with Gasteiger partial charge in [0, 0.05) is 22.7 Å². The number of benzene rings is 2. The zero-order valence-electron chi connectivity index (χ0n) is 13.5. The second-order valence-electron chi connectivity index (χ2n) is 5.80. The standard InChI is InChI=1S/C18H19FN4O/c1-2-16-11-23(12-24-16)15-7-8-17(18(19)9-15)14-5-3-13(4-6-14)10-21-22-20/h3-9,16H,2,10-12H2,1H3/t16-/m0/s1. The van der Waals surface area contributed by atoms with Gasteiger partial charge in [-0.3, -0.25) is 0 Å². The van der Waals surface area contributed by atoms with Gasteiger partial charge in [-0.05, 0) is 41.3 Å². The quantitative estimate of drug-likeness (QED) is 0.447. The van der Waals surface area contributed by atoms with Gasteiger partial charge in [-0.25, -0.2) is 4.39 Å². The maximum atomic E-state index is 14.5. The lowest BCUT2D eigenvalue weighted by molar-refractivity contribution is 0.113. The molecule has 0 amide bonds. The second-order valence-corrected chi connectivity index (χ2v) is 5.80. The molecule has 6 heteroatoms. The van der Waals surface area contributed by atoms with Crippen LogP contribution < -0.4 is 4.90 Å². The van der Waals surface area contributed by atoms with Crippen molar-refractivity contribution in [2.45, 2.75) is 26.0 Å². The summed E-state index contributed by atoms with van der Waals surface area (Å²) >= 11 is 0. The maximum Gasteiger partial charge on any atom is 0.133 e. The number of nitrogens with zero attached hydrogens (tertiary/aromatic N) is 4. The van der Waals surface area contributed by atoms with Crippen molar-refractivity contribution in [2.75, 3.05) is 18.2 Å². The summed E-state index contributed by atoms with van der Waals surface area (Å²) in [6.07, 6.45) is 1.18. The Morgan fingerprint density at radius 2 is 2.08 bits per heavy atom. The Morgan fingerprint density at radius 1 is 1.29 bits per heavy atom. The van der Waals surface area contributed by atoms with E-state index in [0.29, 0.717) is 18.8 Å². The predicted molar refractivity (Wildman–Crippen MR) is 92.1 cm³/mol. The van der Waals surface area contributed by atoms with Gasteiger partial charge in [0.1, 0.15) is 12.5 Å². The summed E-state index contributed by atoms with van der Waals surface area (Å²) in [6.45, 7) is 3.68. The van der Waals surface area contributed by atoms with Crippen molar-refractivity contribution < 1.29 is 9.13 Å². The molecule has 1 atom stereocenters. The van der Waals surface area contributed by atoms with E-state index in [-0.39, 0.29) is 11.9 Å². The van der Waals surface area contributed by atoms with Crippen LogP contribution in [0, 0.1) is 5.82 Å². The lowest BCUT2D eigenvalue weighted by atomic mass is 10.0. The molecule has 5 nitrogen and oxygen atoms in total. The van der Waals surface area contributed by atoms with Crippen LogP contribution in [0.1, 0.15) is 18.9 Å². The van der Waals surface area contributed by atoms with Crippen LogP contribution in [0.25, 0.3) is 21.6 Å². The molecule has 1 heterocycles. The highest BCUT2D eigenvalue weighted by Gasteiger charge is 2.22. The van der Waals surface area contributed by atoms with Crippen LogP contribution in [0.2, 0.25) is 0 Å². The number of hydrogen-bond donors (Lipinski definition) is 0. The van der Waals surface area contributed by atoms with E-state index < -0.39 is 0 Å². The number of halogens is 1. The van der Waals surface area contributed by atoms with Gasteiger partial charge >= 0.3 is 0 Å². The molecule has 0 aromatic heterocycles. The lowest BCUT2D eigenvalue weighted by Gasteiger charge is -2.17. The third-order valence-electron chi connectivity index (χ3n) is 4.24. The van der Waals surface area contributed by atoms with Crippen LogP contribution in [0.3, 0.4) is 0 Å².